The van der Waals surface area contributed by atoms with Crippen molar-refractivity contribution in [2.24, 2.45) is 0 Å². The van der Waals surface area contributed by atoms with Crippen LogP contribution in [-0.2, 0) is 4.84 Å². The van der Waals surface area contributed by atoms with Crippen molar-refractivity contribution in [2.75, 3.05) is 6.61 Å². The molecule has 0 aromatic heterocycles. The van der Waals surface area contributed by atoms with E-state index >= 15 is 0 Å². The smallest absolute Gasteiger partial charge is 0.127 e. The molecule has 2 rings (SSSR count). The highest BCUT2D eigenvalue weighted by Crippen LogP contribution is 2.18. The maximum Gasteiger partial charge on any atom is 0.127 e. The van der Waals surface area contributed by atoms with E-state index in [2.05, 4.69) is 5.48 Å². The van der Waals surface area contributed by atoms with E-state index in [1.54, 1.807) is 0 Å². The van der Waals surface area contributed by atoms with Crippen molar-refractivity contribution in [2.45, 2.75) is 19.1 Å². The number of hydrogen-bond donors (Lipinski definition) is 2. The molecule has 0 fully saturated rings. The van der Waals surface area contributed by atoms with Crippen molar-refractivity contribution in [1.29, 1.82) is 0 Å². The van der Waals surface area contributed by atoms with Crippen LogP contribution < -0.4 is 5.48 Å². The molecule has 0 aliphatic heterocycles. The van der Waals surface area contributed by atoms with Gasteiger partial charge in [0.15, 0.2) is 0 Å². The average molecular weight is 257 g/mol. The first kappa shape index (κ1) is 13.7. The van der Waals surface area contributed by atoms with Crippen molar-refractivity contribution in [3.63, 3.8) is 0 Å². The molecule has 100 valence electrons. The van der Waals surface area contributed by atoms with E-state index in [-0.39, 0.29) is 18.8 Å². The zero-order chi connectivity index (χ0) is 13.5. The van der Waals surface area contributed by atoms with E-state index in [0.29, 0.717) is 0 Å². The Morgan fingerprint density at radius 1 is 0.947 bits per heavy atom. The second-order valence-corrected chi connectivity index (χ2v) is 4.45. The van der Waals surface area contributed by atoms with Crippen LogP contribution in [0.3, 0.4) is 0 Å². The van der Waals surface area contributed by atoms with Gasteiger partial charge in [0, 0.05) is 0 Å². The fourth-order valence-corrected chi connectivity index (χ4v) is 1.87. The SMILES string of the molecule is C[C@@H](NO[C@H](CO)c1ccccc1)c1ccccc1. The third kappa shape index (κ3) is 3.89. The van der Waals surface area contributed by atoms with Crippen LogP contribution in [0.2, 0.25) is 0 Å². The highest BCUT2D eigenvalue weighted by Gasteiger charge is 2.13. The summed E-state index contributed by atoms with van der Waals surface area (Å²) < 4.78 is 0. The Kier molecular flexibility index (Phi) is 5.10. The number of hydroxylamine groups is 1. The lowest BCUT2D eigenvalue weighted by Gasteiger charge is -2.20. The van der Waals surface area contributed by atoms with Gasteiger partial charge in [0.25, 0.3) is 0 Å². The standard InChI is InChI=1S/C16H19NO2/c1-13(14-8-4-2-5-9-14)17-19-16(12-18)15-10-6-3-7-11-15/h2-11,13,16-18H,12H2,1H3/t13-,16-/m1/s1. The molecule has 19 heavy (non-hydrogen) atoms. The molecule has 2 aromatic rings. The minimum atomic E-state index is -0.354. The predicted octanol–water partition coefficient (Wildman–Crippen LogP) is 3.00. The molecule has 0 aliphatic rings. The van der Waals surface area contributed by atoms with Crippen LogP contribution in [0.4, 0.5) is 0 Å². The molecule has 3 nitrogen and oxygen atoms in total. The summed E-state index contributed by atoms with van der Waals surface area (Å²) in [5.74, 6) is 0. The van der Waals surface area contributed by atoms with Gasteiger partial charge in [-0.2, -0.15) is 5.48 Å². The molecule has 3 heteroatoms. The maximum absolute atomic E-state index is 9.40. The first-order valence-electron chi connectivity index (χ1n) is 6.43. The minimum absolute atomic E-state index is 0.0570. The molecule has 0 unspecified atom stereocenters. The predicted molar refractivity (Wildman–Crippen MR) is 75.3 cm³/mol. The summed E-state index contributed by atoms with van der Waals surface area (Å²) >= 11 is 0. The van der Waals surface area contributed by atoms with Gasteiger partial charge in [0.1, 0.15) is 6.10 Å². The third-order valence-corrected chi connectivity index (χ3v) is 3.02. The van der Waals surface area contributed by atoms with Crippen molar-refractivity contribution >= 4 is 0 Å². The summed E-state index contributed by atoms with van der Waals surface area (Å²) in [6.07, 6.45) is -0.354. The van der Waals surface area contributed by atoms with Gasteiger partial charge in [-0.15, -0.1) is 0 Å². The lowest BCUT2D eigenvalue weighted by atomic mass is 10.1. The fourth-order valence-electron chi connectivity index (χ4n) is 1.87. The largest absolute Gasteiger partial charge is 0.393 e. The lowest BCUT2D eigenvalue weighted by Crippen LogP contribution is -2.24. The Morgan fingerprint density at radius 2 is 1.47 bits per heavy atom. The van der Waals surface area contributed by atoms with Crippen LogP contribution in [-0.4, -0.2) is 11.7 Å². The van der Waals surface area contributed by atoms with Gasteiger partial charge in [-0.25, -0.2) is 0 Å². The van der Waals surface area contributed by atoms with Crippen LogP contribution in [0, 0.1) is 0 Å². The van der Waals surface area contributed by atoms with Crippen LogP contribution >= 0.6 is 0 Å². The summed E-state index contributed by atoms with van der Waals surface area (Å²) in [7, 11) is 0. The number of benzene rings is 2. The summed E-state index contributed by atoms with van der Waals surface area (Å²) in [6, 6.07) is 19.8. The van der Waals surface area contributed by atoms with Crippen molar-refractivity contribution in [3.8, 4) is 0 Å². The second kappa shape index (κ2) is 7.04. The minimum Gasteiger partial charge on any atom is -0.393 e. The number of rotatable bonds is 6. The van der Waals surface area contributed by atoms with Crippen LogP contribution in [0.5, 0.6) is 0 Å². The van der Waals surface area contributed by atoms with Gasteiger partial charge in [-0.05, 0) is 18.1 Å². The molecular formula is C16H19NO2. The van der Waals surface area contributed by atoms with Gasteiger partial charge in [0.2, 0.25) is 0 Å². The molecule has 2 N–H and O–H groups in total. The van der Waals surface area contributed by atoms with Crippen LogP contribution in [0.1, 0.15) is 30.2 Å². The van der Waals surface area contributed by atoms with Gasteiger partial charge in [-0.1, -0.05) is 60.7 Å². The molecule has 0 heterocycles. The molecule has 0 saturated carbocycles. The van der Waals surface area contributed by atoms with Crippen molar-refractivity contribution < 1.29 is 9.94 Å². The monoisotopic (exact) mass is 257 g/mol. The summed E-state index contributed by atoms with van der Waals surface area (Å²) in [5.41, 5.74) is 5.09. The topological polar surface area (TPSA) is 41.5 Å². The normalized spacial score (nSPS) is 14.0. The van der Waals surface area contributed by atoms with Gasteiger partial charge in [-0.3, -0.25) is 4.84 Å². The van der Waals surface area contributed by atoms with Gasteiger partial charge < -0.3 is 5.11 Å². The Balaban J connectivity index is 1.94. The summed E-state index contributed by atoms with van der Waals surface area (Å²) in [6.45, 7) is 1.97. The molecule has 0 aliphatic carbocycles. The van der Waals surface area contributed by atoms with E-state index < -0.39 is 0 Å². The highest BCUT2D eigenvalue weighted by molar-refractivity contribution is 5.19. The van der Waals surface area contributed by atoms with Crippen molar-refractivity contribution in [3.05, 3.63) is 71.8 Å². The van der Waals surface area contributed by atoms with Crippen LogP contribution in [0.15, 0.2) is 60.7 Å². The second-order valence-electron chi connectivity index (χ2n) is 4.45. The lowest BCUT2D eigenvalue weighted by molar-refractivity contribution is -0.0668. The fraction of sp³-hybridized carbons (Fsp3) is 0.250. The number of hydrogen-bond acceptors (Lipinski definition) is 3. The van der Waals surface area contributed by atoms with E-state index in [1.807, 2.05) is 67.6 Å². The quantitative estimate of drug-likeness (QED) is 0.782. The van der Waals surface area contributed by atoms with E-state index in [1.165, 1.54) is 0 Å². The van der Waals surface area contributed by atoms with E-state index in [0.717, 1.165) is 11.1 Å². The van der Waals surface area contributed by atoms with Crippen LogP contribution in [0.25, 0.3) is 0 Å². The maximum atomic E-state index is 9.40. The molecular weight excluding hydrogens is 238 g/mol. The molecule has 2 aromatic carbocycles. The zero-order valence-corrected chi connectivity index (χ0v) is 11.0. The third-order valence-electron chi connectivity index (χ3n) is 3.02. The first-order valence-corrected chi connectivity index (χ1v) is 6.43. The molecule has 0 radical (unpaired) electrons. The highest BCUT2D eigenvalue weighted by atomic mass is 16.7. The average Bonchev–Trinajstić information content (AvgIpc) is 2.49. The molecule has 0 bridgehead atoms. The number of aliphatic hydroxyl groups excluding tert-OH is 1. The van der Waals surface area contributed by atoms with Gasteiger partial charge in [0.05, 0.1) is 12.6 Å². The van der Waals surface area contributed by atoms with E-state index in [4.69, 9.17) is 4.84 Å². The number of aliphatic hydroxyl groups is 1. The molecule has 0 amide bonds. The molecule has 2 atom stereocenters. The zero-order valence-electron chi connectivity index (χ0n) is 11.0. The Bertz CT molecular complexity index is 473. The first-order chi connectivity index (χ1) is 9.31. The summed E-state index contributed by atoms with van der Waals surface area (Å²) in [4.78, 5) is 5.59. The Labute approximate surface area is 113 Å². The van der Waals surface area contributed by atoms with Crippen molar-refractivity contribution in [1.82, 2.24) is 5.48 Å². The molecule has 0 spiro atoms. The summed E-state index contributed by atoms with van der Waals surface area (Å²) in [5, 5.41) is 9.40. The Morgan fingerprint density at radius 3 is 2.00 bits per heavy atom. The van der Waals surface area contributed by atoms with Gasteiger partial charge >= 0.3 is 0 Å². The van der Waals surface area contributed by atoms with E-state index in [9.17, 15) is 5.11 Å². The number of nitrogens with one attached hydrogen (secondary N) is 1. The Hall–Kier alpha value is -1.68. The molecule has 0 saturated heterocycles.